The number of carbonyl (C=O) groups excluding carboxylic acids is 2. The maximum Gasteiger partial charge on any atom is 0.314 e. The quantitative estimate of drug-likeness (QED) is 0.646. The molecule has 0 radical (unpaired) electrons. The summed E-state index contributed by atoms with van der Waals surface area (Å²) in [5, 5.41) is 3.47. The number of halogens is 2. The van der Waals surface area contributed by atoms with Crippen molar-refractivity contribution < 1.29 is 18.4 Å². The zero-order valence-corrected chi connectivity index (χ0v) is 21.7. The number of piperazine rings is 1. The lowest BCUT2D eigenvalue weighted by molar-refractivity contribution is -0.128. The summed E-state index contributed by atoms with van der Waals surface area (Å²) in [5.74, 6) is -3.24. The normalized spacial score (nSPS) is 24.0. The van der Waals surface area contributed by atoms with Crippen LogP contribution < -0.4 is 10.2 Å². The predicted octanol–water partition coefficient (Wildman–Crippen LogP) is 3.13. The number of benzene rings is 1. The molecule has 1 aromatic carbocycles. The molecule has 0 aliphatic carbocycles. The second kappa shape index (κ2) is 9.76. The van der Waals surface area contributed by atoms with Crippen molar-refractivity contribution in [3.05, 3.63) is 59.4 Å². The number of pyridine rings is 1. The van der Waals surface area contributed by atoms with Gasteiger partial charge in [-0.25, -0.2) is 0 Å². The predicted molar refractivity (Wildman–Crippen MR) is 138 cm³/mol. The summed E-state index contributed by atoms with van der Waals surface area (Å²) in [7, 11) is 0. The molecule has 0 unspecified atom stereocenters. The van der Waals surface area contributed by atoms with Crippen LogP contribution in [0.2, 0.25) is 0 Å². The molecule has 0 saturated carbocycles. The number of fused-ring (bicyclic) bond motifs is 1. The van der Waals surface area contributed by atoms with E-state index in [2.05, 4.69) is 22.1 Å². The highest BCUT2D eigenvalue weighted by Gasteiger charge is 2.43. The minimum absolute atomic E-state index is 0.0210. The molecule has 198 valence electrons. The van der Waals surface area contributed by atoms with Crippen LogP contribution in [0.3, 0.4) is 0 Å². The van der Waals surface area contributed by atoms with Crippen LogP contribution in [0.25, 0.3) is 0 Å². The van der Waals surface area contributed by atoms with E-state index in [9.17, 15) is 9.59 Å². The maximum atomic E-state index is 15.4. The number of hydrogen-bond donors (Lipinski definition) is 1. The van der Waals surface area contributed by atoms with Crippen LogP contribution in [0.15, 0.2) is 42.6 Å². The first-order valence-electron chi connectivity index (χ1n) is 13.1. The molecular formula is C28H35F2N5O2. The van der Waals surface area contributed by atoms with Crippen LogP contribution in [0, 0.1) is 0 Å². The third kappa shape index (κ3) is 4.99. The average molecular weight is 512 g/mol. The molecule has 0 bridgehead atoms. The lowest BCUT2D eigenvalue weighted by Crippen LogP contribution is -2.60. The zero-order valence-electron chi connectivity index (χ0n) is 21.7. The summed E-state index contributed by atoms with van der Waals surface area (Å²) in [5.41, 5.74) is 0.392. The van der Waals surface area contributed by atoms with Crippen molar-refractivity contribution in [2.45, 2.75) is 57.0 Å². The smallest absolute Gasteiger partial charge is 0.314 e. The van der Waals surface area contributed by atoms with Gasteiger partial charge < -0.3 is 15.1 Å². The minimum atomic E-state index is -3.28. The third-order valence-corrected chi connectivity index (χ3v) is 7.88. The van der Waals surface area contributed by atoms with Crippen LogP contribution in [0.4, 0.5) is 14.5 Å². The van der Waals surface area contributed by atoms with Crippen molar-refractivity contribution in [3.63, 3.8) is 0 Å². The number of aromatic nitrogens is 1. The molecule has 2 aromatic rings. The van der Waals surface area contributed by atoms with Gasteiger partial charge in [-0.3, -0.25) is 19.5 Å². The van der Waals surface area contributed by atoms with E-state index in [1.54, 1.807) is 23.1 Å². The standard InChI is InChI=1S/C28H35F2N5O2/c1-19-15-34(21(13-31-19)16-33-11-7-10-25(33)36)17-26(37)35-18-27(2,3)22-14-32-24(12-23(22)35)28(29,30)20-8-5-4-6-9-20/h4-6,8-9,12,14,19,21,31H,7,10-11,13,15-18H2,1-3H3/t19-,21-/m1/s1. The first kappa shape index (κ1) is 25.7. The molecular weight excluding hydrogens is 476 g/mol. The van der Waals surface area contributed by atoms with E-state index in [0.29, 0.717) is 38.3 Å². The molecule has 7 nitrogen and oxygen atoms in total. The summed E-state index contributed by atoms with van der Waals surface area (Å²) in [6.45, 7) is 9.37. The van der Waals surface area contributed by atoms with Crippen LogP contribution in [0.5, 0.6) is 0 Å². The Balaban J connectivity index is 1.39. The molecule has 9 heteroatoms. The largest absolute Gasteiger partial charge is 0.341 e. The maximum absolute atomic E-state index is 15.4. The Bertz CT molecular complexity index is 1170. The molecule has 2 amide bonds. The van der Waals surface area contributed by atoms with Gasteiger partial charge in [-0.05, 0) is 19.4 Å². The van der Waals surface area contributed by atoms with Crippen molar-refractivity contribution in [3.8, 4) is 0 Å². The van der Waals surface area contributed by atoms with Gasteiger partial charge in [0.25, 0.3) is 0 Å². The van der Waals surface area contributed by atoms with Crippen molar-refractivity contribution >= 4 is 17.5 Å². The van der Waals surface area contributed by atoms with Crippen molar-refractivity contribution in [1.82, 2.24) is 20.1 Å². The Labute approximate surface area is 216 Å². The van der Waals surface area contributed by atoms with E-state index in [0.717, 1.165) is 18.5 Å². The summed E-state index contributed by atoms with van der Waals surface area (Å²) in [6.07, 6.45) is 2.96. The van der Waals surface area contributed by atoms with E-state index in [4.69, 9.17) is 0 Å². The lowest BCUT2D eigenvalue weighted by Gasteiger charge is -2.41. The fourth-order valence-corrected chi connectivity index (χ4v) is 5.76. The molecule has 4 heterocycles. The second-order valence-electron chi connectivity index (χ2n) is 11.2. The number of hydrogen-bond acceptors (Lipinski definition) is 5. The van der Waals surface area contributed by atoms with E-state index >= 15 is 8.78 Å². The van der Waals surface area contributed by atoms with Crippen LogP contribution in [-0.2, 0) is 20.9 Å². The Morgan fingerprint density at radius 3 is 2.70 bits per heavy atom. The lowest BCUT2D eigenvalue weighted by atomic mass is 9.88. The molecule has 2 fully saturated rings. The van der Waals surface area contributed by atoms with Gasteiger partial charge in [0, 0.05) is 74.0 Å². The number of nitrogens with one attached hydrogen (secondary N) is 1. The first-order chi connectivity index (χ1) is 17.6. The topological polar surface area (TPSA) is 68.8 Å². The average Bonchev–Trinajstić information content (AvgIpc) is 3.40. The van der Waals surface area contributed by atoms with E-state index in [1.165, 1.54) is 24.4 Å². The molecule has 3 aliphatic rings. The molecule has 0 spiro atoms. The molecule has 2 atom stereocenters. The van der Waals surface area contributed by atoms with Gasteiger partial charge in [0.05, 0.1) is 12.2 Å². The number of carbonyl (C=O) groups is 2. The fraction of sp³-hybridized carbons (Fsp3) is 0.536. The monoisotopic (exact) mass is 511 g/mol. The van der Waals surface area contributed by atoms with Gasteiger partial charge >= 0.3 is 5.92 Å². The number of rotatable bonds is 6. The molecule has 2 saturated heterocycles. The van der Waals surface area contributed by atoms with E-state index < -0.39 is 11.3 Å². The molecule has 1 aromatic heterocycles. The number of anilines is 1. The fourth-order valence-electron chi connectivity index (χ4n) is 5.76. The first-order valence-corrected chi connectivity index (χ1v) is 13.1. The van der Waals surface area contributed by atoms with Crippen LogP contribution in [-0.4, -0.2) is 78.0 Å². The highest BCUT2D eigenvalue weighted by atomic mass is 19.3. The molecule has 5 rings (SSSR count). The highest BCUT2D eigenvalue weighted by molar-refractivity contribution is 5.97. The Morgan fingerprint density at radius 2 is 2.00 bits per heavy atom. The molecule has 1 N–H and O–H groups in total. The second-order valence-corrected chi connectivity index (χ2v) is 11.2. The Morgan fingerprint density at radius 1 is 1.24 bits per heavy atom. The van der Waals surface area contributed by atoms with Gasteiger partial charge in [-0.15, -0.1) is 0 Å². The third-order valence-electron chi connectivity index (χ3n) is 7.88. The number of likely N-dealkylation sites (tertiary alicyclic amines) is 1. The van der Waals surface area contributed by atoms with Crippen LogP contribution >= 0.6 is 0 Å². The van der Waals surface area contributed by atoms with Gasteiger partial charge in [0.1, 0.15) is 5.69 Å². The zero-order chi connectivity index (χ0) is 26.4. The van der Waals surface area contributed by atoms with Gasteiger partial charge in [-0.1, -0.05) is 44.2 Å². The van der Waals surface area contributed by atoms with Crippen LogP contribution in [0.1, 0.15) is 50.4 Å². The minimum Gasteiger partial charge on any atom is -0.341 e. The highest BCUT2D eigenvalue weighted by Crippen LogP contribution is 2.43. The summed E-state index contributed by atoms with van der Waals surface area (Å²) in [4.78, 5) is 35.8. The van der Waals surface area contributed by atoms with Gasteiger partial charge in [0.2, 0.25) is 11.8 Å². The summed E-state index contributed by atoms with van der Waals surface area (Å²) in [6, 6.07) is 9.25. The van der Waals surface area contributed by atoms with Crippen molar-refractivity contribution in [2.75, 3.05) is 44.2 Å². The number of nitrogens with zero attached hydrogens (tertiary/aromatic N) is 4. The van der Waals surface area contributed by atoms with E-state index in [-0.39, 0.29) is 41.7 Å². The summed E-state index contributed by atoms with van der Waals surface area (Å²) >= 11 is 0. The summed E-state index contributed by atoms with van der Waals surface area (Å²) < 4.78 is 30.7. The van der Waals surface area contributed by atoms with Gasteiger partial charge in [-0.2, -0.15) is 8.78 Å². The van der Waals surface area contributed by atoms with Gasteiger partial charge in [0.15, 0.2) is 0 Å². The number of alkyl halides is 2. The Kier molecular flexibility index (Phi) is 6.79. The SMILES string of the molecule is C[C@@H]1CN(CC(=O)N2CC(C)(C)c3cnc(C(F)(F)c4ccccc4)cc32)[C@@H](CN2CCCC2=O)CN1. The van der Waals surface area contributed by atoms with E-state index in [1.807, 2.05) is 18.7 Å². The van der Waals surface area contributed by atoms with Crippen molar-refractivity contribution in [1.29, 1.82) is 0 Å². The molecule has 37 heavy (non-hydrogen) atoms. The Hall–Kier alpha value is -2.91. The molecule has 3 aliphatic heterocycles. The number of amides is 2. The van der Waals surface area contributed by atoms with Crippen molar-refractivity contribution in [2.24, 2.45) is 0 Å².